The summed E-state index contributed by atoms with van der Waals surface area (Å²) in [5.74, 6) is -0.0922. The Morgan fingerprint density at radius 1 is 1.10 bits per heavy atom. The largest absolute Gasteiger partial charge is 0.493 e. The fourth-order valence-electron chi connectivity index (χ4n) is 1.99. The van der Waals surface area contributed by atoms with Gasteiger partial charge in [0.15, 0.2) is 5.69 Å². The van der Waals surface area contributed by atoms with Crippen LogP contribution in [0.1, 0.15) is 0 Å². The summed E-state index contributed by atoms with van der Waals surface area (Å²) < 4.78 is 0. The minimum absolute atomic E-state index is 0.0606. The standard InChI is InChI=1S/C14H10N4O3/c19-14-13(11-6-1-2-7-12(11)15-14)17-16-9-4-3-5-10(8-9)18(20)21/h1-8,15,19H. The molecule has 0 fully saturated rings. The molecule has 0 unspecified atom stereocenters. The zero-order valence-electron chi connectivity index (χ0n) is 10.7. The number of azo groups is 1. The fraction of sp³-hybridized carbons (Fsp3) is 0. The van der Waals surface area contributed by atoms with Gasteiger partial charge < -0.3 is 10.1 Å². The van der Waals surface area contributed by atoms with Crippen molar-refractivity contribution in [3.05, 3.63) is 58.6 Å². The molecule has 1 heterocycles. The van der Waals surface area contributed by atoms with E-state index in [0.717, 1.165) is 10.9 Å². The molecule has 0 aliphatic rings. The highest BCUT2D eigenvalue weighted by Gasteiger charge is 2.10. The summed E-state index contributed by atoms with van der Waals surface area (Å²) in [6.45, 7) is 0. The Bertz CT molecular complexity index is 854. The maximum Gasteiger partial charge on any atom is 0.271 e. The lowest BCUT2D eigenvalue weighted by Gasteiger charge is -1.94. The number of para-hydroxylation sites is 1. The van der Waals surface area contributed by atoms with Gasteiger partial charge in [0.1, 0.15) is 0 Å². The Morgan fingerprint density at radius 3 is 2.71 bits per heavy atom. The van der Waals surface area contributed by atoms with E-state index in [1.165, 1.54) is 18.2 Å². The quantitative estimate of drug-likeness (QED) is 0.427. The number of fused-ring (bicyclic) bond motifs is 1. The number of nitrogens with zero attached hydrogens (tertiary/aromatic N) is 3. The Hall–Kier alpha value is -3.22. The van der Waals surface area contributed by atoms with Gasteiger partial charge in [-0.25, -0.2) is 0 Å². The number of hydrogen-bond donors (Lipinski definition) is 2. The van der Waals surface area contributed by atoms with Crippen LogP contribution >= 0.6 is 0 Å². The monoisotopic (exact) mass is 282 g/mol. The average Bonchev–Trinajstić information content (AvgIpc) is 2.81. The zero-order chi connectivity index (χ0) is 14.8. The minimum Gasteiger partial charge on any atom is -0.493 e. The molecular formula is C14H10N4O3. The number of aromatic hydroxyl groups is 1. The van der Waals surface area contributed by atoms with Gasteiger partial charge in [0.25, 0.3) is 5.69 Å². The van der Waals surface area contributed by atoms with E-state index in [0.29, 0.717) is 11.4 Å². The van der Waals surface area contributed by atoms with Crippen LogP contribution in [-0.4, -0.2) is 15.0 Å². The van der Waals surface area contributed by atoms with Crippen LogP contribution in [0.25, 0.3) is 10.9 Å². The fourth-order valence-corrected chi connectivity index (χ4v) is 1.99. The smallest absolute Gasteiger partial charge is 0.271 e. The third kappa shape index (κ3) is 2.44. The Balaban J connectivity index is 2.00. The number of hydrogen-bond acceptors (Lipinski definition) is 5. The highest BCUT2D eigenvalue weighted by atomic mass is 16.6. The first-order chi connectivity index (χ1) is 10.1. The molecule has 7 nitrogen and oxygen atoms in total. The molecule has 3 rings (SSSR count). The molecular weight excluding hydrogens is 272 g/mol. The van der Waals surface area contributed by atoms with Crippen molar-refractivity contribution in [1.82, 2.24) is 4.98 Å². The topological polar surface area (TPSA) is 104 Å². The molecule has 7 heteroatoms. The second-order valence-corrected chi connectivity index (χ2v) is 4.34. The van der Waals surface area contributed by atoms with Crippen LogP contribution in [0.5, 0.6) is 5.88 Å². The number of H-pyrrole nitrogens is 1. The van der Waals surface area contributed by atoms with E-state index in [4.69, 9.17) is 0 Å². The van der Waals surface area contributed by atoms with Crippen molar-refractivity contribution < 1.29 is 10.0 Å². The molecule has 1 aromatic heterocycles. The number of nitro benzene ring substituents is 1. The first-order valence-electron chi connectivity index (χ1n) is 6.11. The maximum absolute atomic E-state index is 10.7. The van der Waals surface area contributed by atoms with Crippen LogP contribution in [0.15, 0.2) is 58.8 Å². The number of aromatic amines is 1. The van der Waals surface area contributed by atoms with Gasteiger partial charge in [-0.2, -0.15) is 5.11 Å². The second-order valence-electron chi connectivity index (χ2n) is 4.34. The molecule has 0 amide bonds. The van der Waals surface area contributed by atoms with Gasteiger partial charge in [-0.05, 0) is 12.1 Å². The zero-order valence-corrected chi connectivity index (χ0v) is 10.7. The van der Waals surface area contributed by atoms with Crippen molar-refractivity contribution in [1.29, 1.82) is 0 Å². The van der Waals surface area contributed by atoms with E-state index in [1.807, 2.05) is 12.1 Å². The summed E-state index contributed by atoms with van der Waals surface area (Å²) in [5, 5.41) is 29.2. The molecule has 0 saturated heterocycles. The highest BCUT2D eigenvalue weighted by Crippen LogP contribution is 2.36. The lowest BCUT2D eigenvalue weighted by molar-refractivity contribution is -0.384. The lowest BCUT2D eigenvalue weighted by atomic mass is 10.2. The van der Waals surface area contributed by atoms with E-state index in [-0.39, 0.29) is 11.6 Å². The van der Waals surface area contributed by atoms with Crippen molar-refractivity contribution in [3.8, 4) is 5.88 Å². The summed E-state index contributed by atoms with van der Waals surface area (Å²) in [6.07, 6.45) is 0. The molecule has 0 radical (unpaired) electrons. The molecule has 2 aromatic carbocycles. The number of benzene rings is 2. The van der Waals surface area contributed by atoms with Gasteiger partial charge in [0.05, 0.1) is 16.1 Å². The third-order valence-corrected chi connectivity index (χ3v) is 2.97. The second kappa shape index (κ2) is 5.04. The summed E-state index contributed by atoms with van der Waals surface area (Å²) in [7, 11) is 0. The van der Waals surface area contributed by atoms with E-state index in [1.54, 1.807) is 18.2 Å². The normalized spacial score (nSPS) is 11.2. The van der Waals surface area contributed by atoms with Crippen LogP contribution < -0.4 is 0 Å². The molecule has 0 spiro atoms. The van der Waals surface area contributed by atoms with Crippen LogP contribution in [-0.2, 0) is 0 Å². The van der Waals surface area contributed by atoms with Gasteiger partial charge >= 0.3 is 0 Å². The van der Waals surface area contributed by atoms with Crippen LogP contribution in [0.3, 0.4) is 0 Å². The predicted molar refractivity (Wildman–Crippen MR) is 77.2 cm³/mol. The summed E-state index contributed by atoms with van der Waals surface area (Å²) >= 11 is 0. The third-order valence-electron chi connectivity index (χ3n) is 2.97. The number of rotatable bonds is 3. The molecule has 0 aliphatic carbocycles. The van der Waals surface area contributed by atoms with E-state index in [9.17, 15) is 15.2 Å². The van der Waals surface area contributed by atoms with Gasteiger partial charge in [-0.1, -0.05) is 24.3 Å². The highest BCUT2D eigenvalue weighted by molar-refractivity contribution is 5.94. The average molecular weight is 282 g/mol. The van der Waals surface area contributed by atoms with E-state index >= 15 is 0 Å². The first-order valence-corrected chi connectivity index (χ1v) is 6.11. The molecule has 0 bridgehead atoms. The van der Waals surface area contributed by atoms with Gasteiger partial charge in [0.2, 0.25) is 5.88 Å². The maximum atomic E-state index is 10.7. The van der Waals surface area contributed by atoms with Crippen LogP contribution in [0.4, 0.5) is 17.1 Å². The van der Waals surface area contributed by atoms with Crippen molar-refractivity contribution in [2.45, 2.75) is 0 Å². The SMILES string of the molecule is O=[N+]([O-])c1cccc(N=Nc2c(O)[nH]c3ccccc23)c1. The summed E-state index contributed by atoms with van der Waals surface area (Å²) in [4.78, 5) is 13.0. The number of nitro groups is 1. The van der Waals surface area contributed by atoms with Gasteiger partial charge in [-0.3, -0.25) is 10.1 Å². The number of aromatic nitrogens is 1. The lowest BCUT2D eigenvalue weighted by Crippen LogP contribution is -1.85. The van der Waals surface area contributed by atoms with Crippen LogP contribution in [0, 0.1) is 10.1 Å². The Kier molecular flexibility index (Phi) is 3.07. The number of non-ortho nitro benzene ring substituents is 1. The van der Waals surface area contributed by atoms with Crippen molar-refractivity contribution in [2.24, 2.45) is 10.2 Å². The summed E-state index contributed by atoms with van der Waals surface area (Å²) in [6, 6.07) is 13.1. The first kappa shape index (κ1) is 12.8. The summed E-state index contributed by atoms with van der Waals surface area (Å²) in [5.41, 5.74) is 1.32. The van der Waals surface area contributed by atoms with Crippen molar-refractivity contribution >= 4 is 28.0 Å². The Morgan fingerprint density at radius 2 is 1.90 bits per heavy atom. The molecule has 21 heavy (non-hydrogen) atoms. The predicted octanol–water partition coefficient (Wildman–Crippen LogP) is 4.20. The Labute approximate surface area is 118 Å². The molecule has 2 N–H and O–H groups in total. The molecule has 3 aromatic rings. The van der Waals surface area contributed by atoms with E-state index in [2.05, 4.69) is 15.2 Å². The van der Waals surface area contributed by atoms with Gasteiger partial charge in [-0.15, -0.1) is 5.11 Å². The van der Waals surface area contributed by atoms with Crippen LogP contribution in [0.2, 0.25) is 0 Å². The molecule has 0 aliphatic heterocycles. The molecule has 0 atom stereocenters. The van der Waals surface area contributed by atoms with E-state index < -0.39 is 4.92 Å². The van der Waals surface area contributed by atoms with Gasteiger partial charge in [0, 0.05) is 17.5 Å². The minimum atomic E-state index is -0.498. The molecule has 0 saturated carbocycles. The van der Waals surface area contributed by atoms with Crippen molar-refractivity contribution in [2.75, 3.05) is 0 Å². The molecule has 104 valence electrons. The number of nitrogens with one attached hydrogen (secondary N) is 1. The van der Waals surface area contributed by atoms with Crippen molar-refractivity contribution in [3.63, 3.8) is 0 Å².